The molecule has 106 valence electrons. The average molecular weight is 290 g/mol. The van der Waals surface area contributed by atoms with E-state index in [1.54, 1.807) is 0 Å². The fourth-order valence-corrected chi connectivity index (χ4v) is 2.57. The van der Waals surface area contributed by atoms with E-state index in [9.17, 15) is 5.11 Å². The number of halogens is 1. The number of aliphatic hydroxyl groups is 1. The van der Waals surface area contributed by atoms with Gasteiger partial charge in [0.05, 0.1) is 6.10 Å². The fraction of sp³-hybridized carbons (Fsp3) is 0.294. The summed E-state index contributed by atoms with van der Waals surface area (Å²) in [6.45, 7) is 0.613. The topological polar surface area (TPSA) is 23.5 Å². The summed E-state index contributed by atoms with van der Waals surface area (Å²) >= 11 is 5.96. The van der Waals surface area contributed by atoms with Gasteiger partial charge in [-0.3, -0.25) is 0 Å². The van der Waals surface area contributed by atoms with Crippen LogP contribution in [0, 0.1) is 0 Å². The van der Waals surface area contributed by atoms with E-state index in [1.165, 1.54) is 0 Å². The lowest BCUT2D eigenvalue weighted by atomic mass is 9.86. The van der Waals surface area contributed by atoms with E-state index < -0.39 is 6.10 Å². The van der Waals surface area contributed by atoms with Gasteiger partial charge >= 0.3 is 0 Å². The molecule has 0 bridgehead atoms. The summed E-state index contributed by atoms with van der Waals surface area (Å²) in [4.78, 5) is 2.00. The van der Waals surface area contributed by atoms with Gasteiger partial charge in [0, 0.05) is 17.5 Å². The van der Waals surface area contributed by atoms with Gasteiger partial charge in [0.1, 0.15) is 0 Å². The molecular weight excluding hydrogens is 270 g/mol. The number of hydrogen-bond donors (Lipinski definition) is 1. The van der Waals surface area contributed by atoms with Crippen LogP contribution in [-0.2, 0) is 0 Å². The van der Waals surface area contributed by atoms with E-state index in [1.807, 2.05) is 61.5 Å². The Morgan fingerprint density at radius 2 is 1.50 bits per heavy atom. The molecule has 3 heteroatoms. The largest absolute Gasteiger partial charge is 0.391 e. The Balaban J connectivity index is 2.36. The molecular formula is C17H20ClNO. The van der Waals surface area contributed by atoms with Crippen molar-refractivity contribution in [2.75, 3.05) is 20.6 Å². The molecule has 2 nitrogen and oxygen atoms in total. The minimum absolute atomic E-state index is 0.0455. The summed E-state index contributed by atoms with van der Waals surface area (Å²) in [6.07, 6.45) is -0.464. The molecule has 0 heterocycles. The molecule has 0 aliphatic rings. The normalized spacial score (nSPS) is 14.2. The van der Waals surface area contributed by atoms with Gasteiger partial charge in [-0.2, -0.15) is 0 Å². The molecule has 2 rings (SSSR count). The van der Waals surface area contributed by atoms with Gasteiger partial charge in [0.15, 0.2) is 0 Å². The third-order valence-electron chi connectivity index (χ3n) is 3.32. The standard InChI is InChI=1S/C17H20ClNO/c1-19(2)12-16(20)17(13-6-4-3-5-7-13)14-8-10-15(18)11-9-14/h3-11,16-17,20H,12H2,1-2H3/t16-,17+/m0/s1. The van der Waals surface area contributed by atoms with Crippen LogP contribution in [0.5, 0.6) is 0 Å². The van der Waals surface area contributed by atoms with Gasteiger partial charge in [-0.05, 0) is 37.4 Å². The van der Waals surface area contributed by atoms with E-state index in [2.05, 4.69) is 12.1 Å². The summed E-state index contributed by atoms with van der Waals surface area (Å²) in [5, 5.41) is 11.3. The second kappa shape index (κ2) is 6.89. The highest BCUT2D eigenvalue weighted by Crippen LogP contribution is 2.29. The van der Waals surface area contributed by atoms with Gasteiger partial charge < -0.3 is 10.0 Å². The fourth-order valence-electron chi connectivity index (χ4n) is 2.45. The number of benzene rings is 2. The van der Waals surface area contributed by atoms with Crippen LogP contribution in [0.3, 0.4) is 0 Å². The molecule has 1 N–H and O–H groups in total. The van der Waals surface area contributed by atoms with Gasteiger partial charge in [0.25, 0.3) is 0 Å². The van der Waals surface area contributed by atoms with Crippen molar-refractivity contribution in [1.29, 1.82) is 0 Å². The van der Waals surface area contributed by atoms with Crippen molar-refractivity contribution in [3.05, 3.63) is 70.7 Å². The molecule has 0 fully saturated rings. The van der Waals surface area contributed by atoms with Gasteiger partial charge in [0.2, 0.25) is 0 Å². The Labute approximate surface area is 125 Å². The van der Waals surface area contributed by atoms with E-state index in [0.717, 1.165) is 11.1 Å². The van der Waals surface area contributed by atoms with Crippen LogP contribution in [-0.4, -0.2) is 36.8 Å². The summed E-state index contributed by atoms with van der Waals surface area (Å²) < 4.78 is 0. The van der Waals surface area contributed by atoms with E-state index in [4.69, 9.17) is 11.6 Å². The predicted molar refractivity (Wildman–Crippen MR) is 84.3 cm³/mol. The lowest BCUT2D eigenvalue weighted by Gasteiger charge is -2.26. The maximum atomic E-state index is 10.6. The summed E-state index contributed by atoms with van der Waals surface area (Å²) in [5.74, 6) is -0.0455. The zero-order chi connectivity index (χ0) is 14.5. The second-order valence-electron chi connectivity index (χ2n) is 5.27. The number of nitrogens with zero attached hydrogens (tertiary/aromatic N) is 1. The zero-order valence-corrected chi connectivity index (χ0v) is 12.6. The lowest BCUT2D eigenvalue weighted by molar-refractivity contribution is 0.121. The third-order valence-corrected chi connectivity index (χ3v) is 3.58. The number of rotatable bonds is 5. The van der Waals surface area contributed by atoms with E-state index >= 15 is 0 Å². The molecule has 0 aliphatic carbocycles. The highest BCUT2D eigenvalue weighted by atomic mass is 35.5. The molecule has 0 amide bonds. The molecule has 0 unspecified atom stereocenters. The first-order valence-electron chi connectivity index (χ1n) is 6.71. The minimum atomic E-state index is -0.464. The highest BCUT2D eigenvalue weighted by Gasteiger charge is 2.23. The Morgan fingerprint density at radius 3 is 2.05 bits per heavy atom. The zero-order valence-electron chi connectivity index (χ0n) is 11.8. The molecule has 2 atom stereocenters. The summed E-state index contributed by atoms with van der Waals surface area (Å²) in [7, 11) is 3.93. The third kappa shape index (κ3) is 3.83. The van der Waals surface area contributed by atoms with Crippen LogP contribution in [0.4, 0.5) is 0 Å². The Bertz CT molecular complexity index is 524. The summed E-state index contributed by atoms with van der Waals surface area (Å²) in [6, 6.07) is 17.8. The van der Waals surface area contributed by atoms with Crippen molar-refractivity contribution < 1.29 is 5.11 Å². The molecule has 2 aromatic rings. The van der Waals surface area contributed by atoms with Crippen LogP contribution in [0.1, 0.15) is 17.0 Å². The molecule has 0 saturated carbocycles. The second-order valence-corrected chi connectivity index (χ2v) is 5.71. The smallest absolute Gasteiger partial charge is 0.0775 e. The minimum Gasteiger partial charge on any atom is -0.391 e. The van der Waals surface area contributed by atoms with E-state index in [0.29, 0.717) is 11.6 Å². The highest BCUT2D eigenvalue weighted by molar-refractivity contribution is 6.30. The van der Waals surface area contributed by atoms with E-state index in [-0.39, 0.29) is 5.92 Å². The molecule has 0 aliphatic heterocycles. The van der Waals surface area contributed by atoms with Crippen molar-refractivity contribution >= 4 is 11.6 Å². The Hall–Kier alpha value is -1.35. The molecule has 0 spiro atoms. The Kier molecular flexibility index (Phi) is 5.18. The van der Waals surface area contributed by atoms with Crippen LogP contribution in [0.15, 0.2) is 54.6 Å². The first-order chi connectivity index (χ1) is 9.58. The number of aliphatic hydroxyl groups excluding tert-OH is 1. The van der Waals surface area contributed by atoms with Crippen molar-refractivity contribution in [3.63, 3.8) is 0 Å². The molecule has 2 aromatic carbocycles. The van der Waals surface area contributed by atoms with Crippen molar-refractivity contribution in [3.8, 4) is 0 Å². The summed E-state index contributed by atoms with van der Waals surface area (Å²) in [5.41, 5.74) is 2.19. The van der Waals surface area contributed by atoms with Crippen molar-refractivity contribution in [2.45, 2.75) is 12.0 Å². The number of hydrogen-bond acceptors (Lipinski definition) is 2. The predicted octanol–water partition coefficient (Wildman–Crippen LogP) is 3.39. The monoisotopic (exact) mass is 289 g/mol. The first kappa shape index (κ1) is 15.0. The van der Waals surface area contributed by atoms with Gasteiger partial charge in [-0.25, -0.2) is 0 Å². The van der Waals surface area contributed by atoms with Gasteiger partial charge in [-0.1, -0.05) is 54.1 Å². The average Bonchev–Trinajstić information content (AvgIpc) is 2.42. The molecule has 0 saturated heterocycles. The van der Waals surface area contributed by atoms with Crippen LogP contribution < -0.4 is 0 Å². The van der Waals surface area contributed by atoms with Crippen LogP contribution >= 0.6 is 11.6 Å². The van der Waals surface area contributed by atoms with Crippen molar-refractivity contribution in [2.24, 2.45) is 0 Å². The van der Waals surface area contributed by atoms with Gasteiger partial charge in [-0.15, -0.1) is 0 Å². The molecule has 0 aromatic heterocycles. The first-order valence-corrected chi connectivity index (χ1v) is 7.09. The SMILES string of the molecule is CN(C)C[C@H](O)[C@H](c1ccccc1)c1ccc(Cl)cc1. The molecule has 0 radical (unpaired) electrons. The van der Waals surface area contributed by atoms with Crippen LogP contribution in [0.25, 0.3) is 0 Å². The quantitative estimate of drug-likeness (QED) is 0.912. The Morgan fingerprint density at radius 1 is 0.950 bits per heavy atom. The maximum Gasteiger partial charge on any atom is 0.0775 e. The van der Waals surface area contributed by atoms with Crippen LogP contribution in [0.2, 0.25) is 5.02 Å². The molecule has 20 heavy (non-hydrogen) atoms. The number of likely N-dealkylation sites (N-methyl/N-ethyl adjacent to an activating group) is 1. The lowest BCUT2D eigenvalue weighted by Crippen LogP contribution is -2.31. The maximum absolute atomic E-state index is 10.6. The van der Waals surface area contributed by atoms with Crippen molar-refractivity contribution in [1.82, 2.24) is 4.90 Å².